The van der Waals surface area contributed by atoms with E-state index in [2.05, 4.69) is 17.1 Å². The highest BCUT2D eigenvalue weighted by Gasteiger charge is 2.22. The maximum absolute atomic E-state index is 5.61. The van der Waals surface area contributed by atoms with Crippen LogP contribution in [0, 0.1) is 5.92 Å². The Morgan fingerprint density at radius 1 is 1.75 bits per heavy atom. The van der Waals surface area contributed by atoms with E-state index in [0.29, 0.717) is 12.5 Å². The van der Waals surface area contributed by atoms with E-state index in [-0.39, 0.29) is 0 Å². The average Bonchev–Trinajstić information content (AvgIpc) is 2.05. The standard InChI is InChI=1S/C8H17N3O/c1-11-4-3-7(5-9)8(6-11)10-12-2/h7H,3-6,9H2,1-2H3. The summed E-state index contributed by atoms with van der Waals surface area (Å²) in [5.74, 6) is 0.418. The van der Waals surface area contributed by atoms with Gasteiger partial charge >= 0.3 is 0 Å². The maximum Gasteiger partial charge on any atom is 0.106 e. The number of nitrogens with two attached hydrogens (primary N) is 1. The van der Waals surface area contributed by atoms with Gasteiger partial charge in [-0.3, -0.25) is 0 Å². The summed E-state index contributed by atoms with van der Waals surface area (Å²) in [5.41, 5.74) is 6.69. The van der Waals surface area contributed by atoms with E-state index in [4.69, 9.17) is 10.6 Å². The molecule has 0 aromatic heterocycles. The van der Waals surface area contributed by atoms with Gasteiger partial charge in [0.05, 0.1) is 5.71 Å². The lowest BCUT2D eigenvalue weighted by Crippen LogP contribution is -2.41. The summed E-state index contributed by atoms with van der Waals surface area (Å²) in [6, 6.07) is 0. The van der Waals surface area contributed by atoms with Crippen LogP contribution in [0.3, 0.4) is 0 Å². The molecule has 12 heavy (non-hydrogen) atoms. The van der Waals surface area contributed by atoms with Gasteiger partial charge in [-0.15, -0.1) is 0 Å². The normalized spacial score (nSPS) is 29.2. The first kappa shape index (κ1) is 9.48. The van der Waals surface area contributed by atoms with Crippen LogP contribution in [0.15, 0.2) is 5.16 Å². The number of likely N-dealkylation sites (tertiary alicyclic amines) is 1. The van der Waals surface area contributed by atoms with Gasteiger partial charge in [-0.2, -0.15) is 0 Å². The van der Waals surface area contributed by atoms with E-state index < -0.39 is 0 Å². The van der Waals surface area contributed by atoms with Crippen LogP contribution in [0.4, 0.5) is 0 Å². The number of hydrogen-bond acceptors (Lipinski definition) is 4. The Morgan fingerprint density at radius 3 is 3.08 bits per heavy atom. The van der Waals surface area contributed by atoms with Crippen molar-refractivity contribution in [1.29, 1.82) is 0 Å². The van der Waals surface area contributed by atoms with Crippen molar-refractivity contribution < 1.29 is 4.84 Å². The van der Waals surface area contributed by atoms with E-state index in [9.17, 15) is 0 Å². The first-order chi connectivity index (χ1) is 5.77. The zero-order valence-electron chi connectivity index (χ0n) is 7.79. The zero-order valence-corrected chi connectivity index (χ0v) is 7.79. The van der Waals surface area contributed by atoms with Crippen LogP contribution in [-0.4, -0.2) is 44.4 Å². The van der Waals surface area contributed by atoms with Gasteiger partial charge in [0, 0.05) is 19.0 Å². The Kier molecular flexibility index (Phi) is 3.49. The highest BCUT2D eigenvalue weighted by molar-refractivity contribution is 5.89. The minimum atomic E-state index is 0.418. The predicted octanol–water partition coefficient (Wildman–Crippen LogP) is -0.101. The molecule has 0 aromatic rings. The summed E-state index contributed by atoms with van der Waals surface area (Å²) in [6.45, 7) is 2.66. The molecule has 2 N–H and O–H groups in total. The monoisotopic (exact) mass is 171 g/mol. The maximum atomic E-state index is 5.61. The second-order valence-electron chi connectivity index (χ2n) is 3.22. The molecule has 0 spiro atoms. The van der Waals surface area contributed by atoms with Crippen molar-refractivity contribution in [1.82, 2.24) is 4.90 Å². The smallest absolute Gasteiger partial charge is 0.106 e. The molecule has 0 bridgehead atoms. The highest BCUT2D eigenvalue weighted by Crippen LogP contribution is 2.12. The van der Waals surface area contributed by atoms with Crippen LogP contribution in [0.1, 0.15) is 6.42 Å². The van der Waals surface area contributed by atoms with E-state index in [0.717, 1.165) is 25.2 Å². The number of hydrogen-bond donors (Lipinski definition) is 1. The molecular formula is C8H17N3O. The molecule has 0 saturated carbocycles. The lowest BCUT2D eigenvalue weighted by molar-refractivity contribution is 0.203. The van der Waals surface area contributed by atoms with E-state index in [1.807, 2.05) is 0 Å². The molecule has 70 valence electrons. The molecule has 1 saturated heterocycles. The fraction of sp³-hybridized carbons (Fsp3) is 0.875. The lowest BCUT2D eigenvalue weighted by atomic mass is 9.95. The molecule has 0 amide bonds. The Bertz CT molecular complexity index is 170. The summed E-state index contributed by atoms with van der Waals surface area (Å²) in [5, 5.41) is 3.98. The molecular weight excluding hydrogens is 154 g/mol. The molecule has 1 aliphatic heterocycles. The Hall–Kier alpha value is -0.610. The quantitative estimate of drug-likeness (QED) is 0.590. The van der Waals surface area contributed by atoms with Crippen LogP contribution in [0.5, 0.6) is 0 Å². The third-order valence-electron chi connectivity index (χ3n) is 2.26. The Morgan fingerprint density at radius 2 is 2.50 bits per heavy atom. The summed E-state index contributed by atoms with van der Waals surface area (Å²) in [7, 11) is 3.66. The van der Waals surface area contributed by atoms with E-state index >= 15 is 0 Å². The van der Waals surface area contributed by atoms with Gasteiger partial charge in [-0.05, 0) is 20.0 Å². The molecule has 0 radical (unpaired) electrons. The van der Waals surface area contributed by atoms with Crippen molar-refractivity contribution in [2.75, 3.05) is 33.8 Å². The highest BCUT2D eigenvalue weighted by atomic mass is 16.6. The van der Waals surface area contributed by atoms with Crippen LogP contribution >= 0.6 is 0 Å². The van der Waals surface area contributed by atoms with Gasteiger partial charge in [-0.25, -0.2) is 0 Å². The topological polar surface area (TPSA) is 50.8 Å². The largest absolute Gasteiger partial charge is 0.399 e. The molecule has 4 nitrogen and oxygen atoms in total. The molecule has 1 aliphatic rings. The average molecular weight is 171 g/mol. The van der Waals surface area contributed by atoms with Gasteiger partial charge in [0.1, 0.15) is 7.11 Å². The van der Waals surface area contributed by atoms with Crippen molar-refractivity contribution >= 4 is 5.71 Å². The minimum Gasteiger partial charge on any atom is -0.399 e. The number of oxime groups is 1. The van der Waals surface area contributed by atoms with Crippen LogP contribution in [0.25, 0.3) is 0 Å². The van der Waals surface area contributed by atoms with E-state index in [1.54, 1.807) is 7.11 Å². The van der Waals surface area contributed by atoms with Crippen molar-refractivity contribution in [2.45, 2.75) is 6.42 Å². The van der Waals surface area contributed by atoms with Gasteiger partial charge in [0.15, 0.2) is 0 Å². The fourth-order valence-corrected chi connectivity index (χ4v) is 1.50. The Balaban J connectivity index is 2.58. The SMILES string of the molecule is CON=C1CN(C)CCC1CN. The molecule has 0 aliphatic carbocycles. The summed E-state index contributed by atoms with van der Waals surface area (Å²) >= 11 is 0. The molecule has 1 unspecified atom stereocenters. The van der Waals surface area contributed by atoms with Crippen LogP contribution < -0.4 is 5.73 Å². The first-order valence-electron chi connectivity index (χ1n) is 4.26. The first-order valence-corrected chi connectivity index (χ1v) is 4.26. The predicted molar refractivity (Wildman–Crippen MR) is 49.1 cm³/mol. The number of piperidine rings is 1. The van der Waals surface area contributed by atoms with Gasteiger partial charge in [0.2, 0.25) is 0 Å². The number of nitrogens with zero attached hydrogens (tertiary/aromatic N) is 2. The number of rotatable bonds is 2. The second kappa shape index (κ2) is 4.42. The molecule has 1 heterocycles. The Labute approximate surface area is 73.4 Å². The summed E-state index contributed by atoms with van der Waals surface area (Å²) in [6.07, 6.45) is 1.09. The molecule has 1 fully saturated rings. The summed E-state index contributed by atoms with van der Waals surface area (Å²) in [4.78, 5) is 6.99. The molecule has 4 heteroatoms. The van der Waals surface area contributed by atoms with E-state index in [1.165, 1.54) is 0 Å². The second-order valence-corrected chi connectivity index (χ2v) is 3.22. The molecule has 0 aromatic carbocycles. The molecule has 1 rings (SSSR count). The molecule has 1 atom stereocenters. The van der Waals surface area contributed by atoms with Crippen molar-refractivity contribution in [3.05, 3.63) is 0 Å². The third-order valence-corrected chi connectivity index (χ3v) is 2.26. The van der Waals surface area contributed by atoms with Gasteiger partial charge in [-0.1, -0.05) is 5.16 Å². The minimum absolute atomic E-state index is 0.418. The van der Waals surface area contributed by atoms with Crippen LogP contribution in [-0.2, 0) is 4.84 Å². The van der Waals surface area contributed by atoms with Gasteiger partial charge < -0.3 is 15.5 Å². The third kappa shape index (κ3) is 2.19. The van der Waals surface area contributed by atoms with Crippen molar-refractivity contribution in [3.63, 3.8) is 0 Å². The lowest BCUT2D eigenvalue weighted by Gasteiger charge is -2.29. The summed E-state index contributed by atoms with van der Waals surface area (Å²) < 4.78 is 0. The van der Waals surface area contributed by atoms with Crippen molar-refractivity contribution in [2.24, 2.45) is 16.8 Å². The van der Waals surface area contributed by atoms with Crippen LogP contribution in [0.2, 0.25) is 0 Å². The van der Waals surface area contributed by atoms with Gasteiger partial charge in [0.25, 0.3) is 0 Å². The zero-order chi connectivity index (χ0) is 8.97. The van der Waals surface area contributed by atoms with Crippen molar-refractivity contribution in [3.8, 4) is 0 Å². The fourth-order valence-electron chi connectivity index (χ4n) is 1.50.